The van der Waals surface area contributed by atoms with E-state index >= 15 is 0 Å². The Balaban J connectivity index is 1.55. The maximum absolute atomic E-state index is 13.5. The summed E-state index contributed by atoms with van der Waals surface area (Å²) in [7, 11) is 0. The predicted octanol–water partition coefficient (Wildman–Crippen LogP) is 1.71. The lowest BCUT2D eigenvalue weighted by Crippen LogP contribution is -3.14. The van der Waals surface area contributed by atoms with Crippen molar-refractivity contribution in [2.75, 3.05) is 13.1 Å². The molecule has 0 fully saturated rings. The number of carbonyl (C=O) groups excluding carboxylic acids is 1. The summed E-state index contributed by atoms with van der Waals surface area (Å²) >= 11 is 1.80. The minimum absolute atomic E-state index is 0.0243. The highest BCUT2D eigenvalue weighted by atomic mass is 32.1. The molecule has 5 heteroatoms. The van der Waals surface area contributed by atoms with Crippen molar-refractivity contribution < 1.29 is 14.1 Å². The summed E-state index contributed by atoms with van der Waals surface area (Å²) in [6, 6.07) is 9.05. The largest absolute Gasteiger partial charge is 0.347 e. The smallest absolute Gasteiger partial charge is 0.275 e. The molecule has 0 spiro atoms. The highest BCUT2D eigenvalue weighted by molar-refractivity contribution is 7.10. The van der Waals surface area contributed by atoms with Crippen LogP contribution in [0.2, 0.25) is 0 Å². The Labute approximate surface area is 133 Å². The molecule has 1 amide bonds. The van der Waals surface area contributed by atoms with Gasteiger partial charge in [-0.15, -0.1) is 11.3 Å². The molecule has 2 aromatic rings. The molecule has 1 unspecified atom stereocenters. The first-order chi connectivity index (χ1) is 10.6. The van der Waals surface area contributed by atoms with Crippen LogP contribution >= 0.6 is 11.3 Å². The van der Waals surface area contributed by atoms with E-state index < -0.39 is 0 Å². The number of quaternary nitrogens is 1. The summed E-state index contributed by atoms with van der Waals surface area (Å²) in [4.78, 5) is 14.9. The van der Waals surface area contributed by atoms with Gasteiger partial charge in [0.1, 0.15) is 11.9 Å². The van der Waals surface area contributed by atoms with Crippen molar-refractivity contribution in [2.45, 2.75) is 25.9 Å². The molecule has 2 atom stereocenters. The summed E-state index contributed by atoms with van der Waals surface area (Å²) in [6.45, 7) is 3.83. The standard InChI is InChI=1S/C17H19FN2OS/c1-12-14-7-9-22-16(14)6-8-20(12)11-17(21)19-10-13-4-2-3-5-15(13)18/h2-5,7,9,12H,6,8,10-11H2,1H3,(H,19,21)/p+1/t12-/m1/s1. The van der Waals surface area contributed by atoms with Gasteiger partial charge in [-0.3, -0.25) is 4.79 Å². The van der Waals surface area contributed by atoms with Crippen molar-refractivity contribution >= 4 is 17.2 Å². The first-order valence-corrected chi connectivity index (χ1v) is 8.44. The molecule has 3 nitrogen and oxygen atoms in total. The number of halogens is 1. The normalized spacial score (nSPS) is 20.5. The van der Waals surface area contributed by atoms with Crippen LogP contribution in [0.1, 0.15) is 29.0 Å². The molecular weight excluding hydrogens is 299 g/mol. The molecule has 2 N–H and O–H groups in total. The monoisotopic (exact) mass is 319 g/mol. The Morgan fingerprint density at radius 3 is 3.05 bits per heavy atom. The van der Waals surface area contributed by atoms with E-state index in [4.69, 9.17) is 0 Å². The maximum atomic E-state index is 13.5. The number of benzene rings is 1. The lowest BCUT2D eigenvalue weighted by atomic mass is 10.0. The van der Waals surface area contributed by atoms with Crippen LogP contribution in [0.15, 0.2) is 35.7 Å². The van der Waals surface area contributed by atoms with E-state index in [1.54, 1.807) is 29.5 Å². The van der Waals surface area contributed by atoms with Crippen LogP contribution in [0.3, 0.4) is 0 Å². The fourth-order valence-electron chi connectivity index (χ4n) is 3.00. The molecule has 0 bridgehead atoms. The number of nitrogens with one attached hydrogen (secondary N) is 2. The van der Waals surface area contributed by atoms with Gasteiger partial charge in [0, 0.05) is 29.0 Å². The molecule has 1 aromatic heterocycles. The number of hydrogen-bond donors (Lipinski definition) is 2. The van der Waals surface area contributed by atoms with Crippen molar-refractivity contribution in [2.24, 2.45) is 0 Å². The second kappa shape index (κ2) is 6.58. The Kier molecular flexibility index (Phi) is 4.55. The molecule has 2 heterocycles. The highest BCUT2D eigenvalue weighted by Crippen LogP contribution is 2.24. The van der Waals surface area contributed by atoms with Gasteiger partial charge in [0.15, 0.2) is 6.54 Å². The van der Waals surface area contributed by atoms with Crippen LogP contribution in [0.5, 0.6) is 0 Å². The molecule has 1 aliphatic rings. The Morgan fingerprint density at radius 2 is 2.23 bits per heavy atom. The van der Waals surface area contributed by atoms with Gasteiger partial charge in [-0.25, -0.2) is 4.39 Å². The van der Waals surface area contributed by atoms with Gasteiger partial charge >= 0.3 is 0 Å². The van der Waals surface area contributed by atoms with E-state index in [-0.39, 0.29) is 18.3 Å². The quantitative estimate of drug-likeness (QED) is 0.884. The lowest BCUT2D eigenvalue weighted by molar-refractivity contribution is -0.924. The molecule has 22 heavy (non-hydrogen) atoms. The maximum Gasteiger partial charge on any atom is 0.275 e. The third-order valence-electron chi connectivity index (χ3n) is 4.35. The second-order valence-corrected chi connectivity index (χ2v) is 6.72. The summed E-state index contributed by atoms with van der Waals surface area (Å²) in [5.41, 5.74) is 1.89. The molecule has 0 radical (unpaired) electrons. The lowest BCUT2D eigenvalue weighted by Gasteiger charge is -2.29. The Hall–Kier alpha value is -1.72. The minimum atomic E-state index is -0.274. The van der Waals surface area contributed by atoms with E-state index in [0.29, 0.717) is 18.2 Å². The van der Waals surface area contributed by atoms with E-state index in [2.05, 4.69) is 23.7 Å². The number of fused-ring (bicyclic) bond motifs is 1. The molecule has 0 aliphatic carbocycles. The zero-order chi connectivity index (χ0) is 15.5. The Bertz CT molecular complexity index is 670. The first-order valence-electron chi connectivity index (χ1n) is 7.56. The van der Waals surface area contributed by atoms with Crippen LogP contribution in [0.4, 0.5) is 4.39 Å². The number of amides is 1. The van der Waals surface area contributed by atoms with Gasteiger partial charge in [-0.2, -0.15) is 0 Å². The first kappa shape index (κ1) is 15.2. The summed E-state index contributed by atoms with van der Waals surface area (Å²) in [5, 5.41) is 4.96. The molecule has 0 saturated heterocycles. The number of rotatable bonds is 4. The third-order valence-corrected chi connectivity index (χ3v) is 5.35. The highest BCUT2D eigenvalue weighted by Gasteiger charge is 2.29. The molecular formula is C17H20FN2OS+. The van der Waals surface area contributed by atoms with Gasteiger partial charge in [0.05, 0.1) is 6.54 Å². The van der Waals surface area contributed by atoms with Crippen molar-refractivity contribution in [3.05, 3.63) is 57.5 Å². The van der Waals surface area contributed by atoms with Crippen LogP contribution in [0, 0.1) is 5.82 Å². The SMILES string of the molecule is C[C@@H]1c2ccsc2CC[NH+]1CC(=O)NCc1ccccc1F. The van der Waals surface area contributed by atoms with Gasteiger partial charge in [0.25, 0.3) is 5.91 Å². The van der Waals surface area contributed by atoms with E-state index in [1.807, 2.05) is 0 Å². The van der Waals surface area contributed by atoms with Crippen LogP contribution in [-0.4, -0.2) is 19.0 Å². The van der Waals surface area contributed by atoms with Crippen molar-refractivity contribution in [1.82, 2.24) is 5.32 Å². The molecule has 3 rings (SSSR count). The molecule has 116 valence electrons. The van der Waals surface area contributed by atoms with Gasteiger partial charge < -0.3 is 10.2 Å². The van der Waals surface area contributed by atoms with Gasteiger partial charge in [-0.05, 0) is 24.4 Å². The van der Waals surface area contributed by atoms with Crippen LogP contribution in [-0.2, 0) is 17.8 Å². The topological polar surface area (TPSA) is 33.5 Å². The number of thiophene rings is 1. The third kappa shape index (κ3) is 3.20. The van der Waals surface area contributed by atoms with Crippen molar-refractivity contribution in [1.29, 1.82) is 0 Å². The van der Waals surface area contributed by atoms with Crippen LogP contribution in [0.25, 0.3) is 0 Å². The van der Waals surface area contributed by atoms with E-state index in [9.17, 15) is 9.18 Å². The van der Waals surface area contributed by atoms with Crippen molar-refractivity contribution in [3.63, 3.8) is 0 Å². The average Bonchev–Trinajstić information content (AvgIpc) is 2.99. The minimum Gasteiger partial charge on any atom is -0.347 e. The summed E-state index contributed by atoms with van der Waals surface area (Å²) in [6.07, 6.45) is 1.03. The number of carbonyl (C=O) groups is 1. The number of hydrogen-bond acceptors (Lipinski definition) is 2. The zero-order valence-corrected chi connectivity index (χ0v) is 13.4. The van der Waals surface area contributed by atoms with Crippen molar-refractivity contribution in [3.8, 4) is 0 Å². The van der Waals surface area contributed by atoms with Gasteiger partial charge in [0.2, 0.25) is 0 Å². The summed E-state index contributed by atoms with van der Waals surface area (Å²) in [5.74, 6) is -0.298. The average molecular weight is 319 g/mol. The van der Waals surface area contributed by atoms with Crippen LogP contribution < -0.4 is 10.2 Å². The van der Waals surface area contributed by atoms with E-state index in [0.717, 1.165) is 13.0 Å². The van der Waals surface area contributed by atoms with E-state index in [1.165, 1.54) is 21.4 Å². The molecule has 1 aliphatic heterocycles. The summed E-state index contributed by atoms with van der Waals surface area (Å²) < 4.78 is 13.5. The predicted molar refractivity (Wildman–Crippen MR) is 85.4 cm³/mol. The second-order valence-electron chi connectivity index (χ2n) is 5.72. The molecule has 1 aromatic carbocycles. The fraction of sp³-hybridized carbons (Fsp3) is 0.353. The van der Waals surface area contributed by atoms with Gasteiger partial charge in [-0.1, -0.05) is 18.2 Å². The Morgan fingerprint density at radius 1 is 1.41 bits per heavy atom. The fourth-order valence-corrected chi connectivity index (χ4v) is 3.98. The zero-order valence-electron chi connectivity index (χ0n) is 12.6. The molecule has 0 saturated carbocycles.